The zero-order valence-electron chi connectivity index (χ0n) is 17.3. The van der Waals surface area contributed by atoms with Gasteiger partial charge in [0.2, 0.25) is 5.91 Å². The molecular formula is C24H29FN2O2. The van der Waals surface area contributed by atoms with Crippen molar-refractivity contribution in [2.45, 2.75) is 45.2 Å². The van der Waals surface area contributed by atoms with Crippen LogP contribution in [0.1, 0.15) is 44.2 Å². The highest BCUT2D eigenvalue weighted by Gasteiger charge is 2.39. The minimum absolute atomic E-state index is 0.00696. The van der Waals surface area contributed by atoms with Crippen LogP contribution < -0.4 is 5.32 Å². The first-order valence-corrected chi connectivity index (χ1v) is 10.2. The molecule has 0 saturated carbocycles. The number of rotatable bonds is 5. The lowest BCUT2D eigenvalue weighted by atomic mass is 9.83. The molecule has 0 radical (unpaired) electrons. The quantitative estimate of drug-likeness (QED) is 0.805. The minimum Gasteiger partial charge on any atom is -0.339 e. The number of nitrogens with one attached hydrogen (secondary N) is 1. The van der Waals surface area contributed by atoms with E-state index < -0.39 is 17.5 Å². The molecule has 2 aromatic rings. The lowest BCUT2D eigenvalue weighted by Crippen LogP contribution is -2.51. The standard InChI is InChI=1S/C24H29FN2O2/c1-4-17-10-12-18(13-11-17)19-14-20(16-27(15-19)23(29)24(2,3)25)22(28)26-21-8-6-5-7-9-21/h5-13,19-20H,4,14-16H2,1-3H3,(H,26,28). The van der Waals surface area contributed by atoms with Gasteiger partial charge in [-0.25, -0.2) is 4.39 Å². The number of alkyl halides is 1. The van der Waals surface area contributed by atoms with Crippen LogP contribution in [0.3, 0.4) is 0 Å². The van der Waals surface area contributed by atoms with Crippen LogP contribution in [0.4, 0.5) is 10.1 Å². The summed E-state index contributed by atoms with van der Waals surface area (Å²) in [6.07, 6.45) is 1.58. The van der Waals surface area contributed by atoms with Crippen molar-refractivity contribution in [3.05, 3.63) is 65.7 Å². The average Bonchev–Trinajstić information content (AvgIpc) is 2.73. The molecular weight excluding hydrogens is 367 g/mol. The highest BCUT2D eigenvalue weighted by molar-refractivity contribution is 5.93. The van der Waals surface area contributed by atoms with Crippen LogP contribution in [0.5, 0.6) is 0 Å². The fraction of sp³-hybridized carbons (Fsp3) is 0.417. The molecule has 1 saturated heterocycles. The maximum absolute atomic E-state index is 14.4. The van der Waals surface area contributed by atoms with E-state index in [1.807, 2.05) is 30.3 Å². The van der Waals surface area contributed by atoms with E-state index in [1.54, 1.807) is 0 Å². The van der Waals surface area contributed by atoms with Gasteiger partial charge in [0.05, 0.1) is 5.92 Å². The van der Waals surface area contributed by atoms with Crippen molar-refractivity contribution in [1.82, 2.24) is 4.90 Å². The third kappa shape index (κ3) is 5.22. The number of para-hydroxylation sites is 1. The molecule has 1 aliphatic heterocycles. The Morgan fingerprint density at radius 1 is 1.07 bits per heavy atom. The van der Waals surface area contributed by atoms with Crippen molar-refractivity contribution < 1.29 is 14.0 Å². The second-order valence-corrected chi connectivity index (χ2v) is 8.26. The summed E-state index contributed by atoms with van der Waals surface area (Å²) in [6, 6.07) is 17.5. The van der Waals surface area contributed by atoms with E-state index in [0.29, 0.717) is 13.0 Å². The van der Waals surface area contributed by atoms with Crippen molar-refractivity contribution in [2.75, 3.05) is 18.4 Å². The van der Waals surface area contributed by atoms with Crippen LogP contribution in [-0.4, -0.2) is 35.5 Å². The SMILES string of the molecule is CCc1ccc(C2CC(C(=O)Nc3ccccc3)CN(C(=O)C(C)(C)F)C2)cc1. The molecule has 0 spiro atoms. The van der Waals surface area contributed by atoms with E-state index in [2.05, 4.69) is 36.5 Å². The van der Waals surface area contributed by atoms with E-state index >= 15 is 0 Å². The molecule has 154 valence electrons. The molecule has 29 heavy (non-hydrogen) atoms. The van der Waals surface area contributed by atoms with Gasteiger partial charge in [-0.2, -0.15) is 0 Å². The molecule has 0 aliphatic carbocycles. The van der Waals surface area contributed by atoms with Gasteiger partial charge in [0.15, 0.2) is 5.67 Å². The van der Waals surface area contributed by atoms with Gasteiger partial charge in [-0.3, -0.25) is 9.59 Å². The number of halogens is 1. The Kier molecular flexibility index (Phi) is 6.36. The monoisotopic (exact) mass is 396 g/mol. The summed E-state index contributed by atoms with van der Waals surface area (Å²) in [6.45, 7) is 5.30. The van der Waals surface area contributed by atoms with Crippen molar-refractivity contribution in [3.63, 3.8) is 0 Å². The van der Waals surface area contributed by atoms with Crippen LogP contribution in [0, 0.1) is 5.92 Å². The maximum Gasteiger partial charge on any atom is 0.259 e. The van der Waals surface area contributed by atoms with Gasteiger partial charge in [-0.05, 0) is 49.9 Å². The second-order valence-electron chi connectivity index (χ2n) is 8.26. The molecule has 1 aliphatic rings. The van der Waals surface area contributed by atoms with Crippen LogP contribution in [0.25, 0.3) is 0 Å². The van der Waals surface area contributed by atoms with E-state index in [4.69, 9.17) is 0 Å². The maximum atomic E-state index is 14.4. The Balaban J connectivity index is 1.82. The predicted molar refractivity (Wildman–Crippen MR) is 114 cm³/mol. The second kappa shape index (κ2) is 8.76. The summed E-state index contributed by atoms with van der Waals surface area (Å²) < 4.78 is 14.4. The summed E-state index contributed by atoms with van der Waals surface area (Å²) in [5, 5.41) is 2.93. The average molecular weight is 397 g/mol. The van der Waals surface area contributed by atoms with Gasteiger partial charge in [-0.15, -0.1) is 0 Å². The number of likely N-dealkylation sites (tertiary alicyclic amines) is 1. The summed E-state index contributed by atoms with van der Waals surface area (Å²) in [5.41, 5.74) is 1.07. The molecule has 1 fully saturated rings. The first-order valence-electron chi connectivity index (χ1n) is 10.2. The van der Waals surface area contributed by atoms with E-state index in [-0.39, 0.29) is 18.4 Å². The number of carbonyl (C=O) groups excluding carboxylic acids is 2. The van der Waals surface area contributed by atoms with Crippen LogP contribution in [0.15, 0.2) is 54.6 Å². The fourth-order valence-corrected chi connectivity index (χ4v) is 3.86. The Labute approximate surface area is 172 Å². The highest BCUT2D eigenvalue weighted by atomic mass is 19.1. The smallest absolute Gasteiger partial charge is 0.259 e. The first-order chi connectivity index (χ1) is 13.8. The number of amides is 2. The van der Waals surface area contributed by atoms with Crippen molar-refractivity contribution >= 4 is 17.5 Å². The Morgan fingerprint density at radius 3 is 2.31 bits per heavy atom. The number of carbonyl (C=O) groups is 2. The molecule has 0 aromatic heterocycles. The van der Waals surface area contributed by atoms with Crippen LogP contribution in [0.2, 0.25) is 0 Å². The molecule has 2 amide bonds. The molecule has 2 aromatic carbocycles. The molecule has 1 heterocycles. The topological polar surface area (TPSA) is 49.4 Å². The van der Waals surface area contributed by atoms with Gasteiger partial charge in [-0.1, -0.05) is 49.4 Å². The minimum atomic E-state index is -1.96. The molecule has 5 heteroatoms. The van der Waals surface area contributed by atoms with E-state index in [9.17, 15) is 14.0 Å². The molecule has 0 bridgehead atoms. The van der Waals surface area contributed by atoms with Gasteiger partial charge in [0.25, 0.3) is 5.91 Å². The summed E-state index contributed by atoms with van der Waals surface area (Å²) in [7, 11) is 0. The summed E-state index contributed by atoms with van der Waals surface area (Å²) in [5.74, 6) is -1.11. The van der Waals surface area contributed by atoms with Gasteiger partial charge < -0.3 is 10.2 Å². The number of aryl methyl sites for hydroxylation is 1. The number of anilines is 1. The van der Waals surface area contributed by atoms with Crippen LogP contribution >= 0.6 is 0 Å². The number of piperidine rings is 1. The van der Waals surface area contributed by atoms with E-state index in [0.717, 1.165) is 17.7 Å². The van der Waals surface area contributed by atoms with Crippen molar-refractivity contribution in [1.29, 1.82) is 0 Å². The number of hydrogen-bond acceptors (Lipinski definition) is 2. The molecule has 1 N–H and O–H groups in total. The van der Waals surface area contributed by atoms with E-state index in [1.165, 1.54) is 24.3 Å². The van der Waals surface area contributed by atoms with Crippen LogP contribution in [-0.2, 0) is 16.0 Å². The number of nitrogens with zero attached hydrogens (tertiary/aromatic N) is 1. The molecule has 2 atom stereocenters. The molecule has 2 unspecified atom stereocenters. The molecule has 4 nitrogen and oxygen atoms in total. The Hall–Kier alpha value is -2.69. The van der Waals surface area contributed by atoms with Gasteiger partial charge in [0, 0.05) is 24.7 Å². The number of hydrogen-bond donors (Lipinski definition) is 1. The Morgan fingerprint density at radius 2 is 1.72 bits per heavy atom. The van der Waals surface area contributed by atoms with Gasteiger partial charge >= 0.3 is 0 Å². The first kappa shape index (κ1) is 21.0. The normalized spacial score (nSPS) is 19.7. The van der Waals surface area contributed by atoms with Crippen molar-refractivity contribution in [2.24, 2.45) is 5.92 Å². The number of benzene rings is 2. The van der Waals surface area contributed by atoms with Gasteiger partial charge in [0.1, 0.15) is 0 Å². The Bertz CT molecular complexity index is 843. The lowest BCUT2D eigenvalue weighted by Gasteiger charge is -2.39. The third-order valence-corrected chi connectivity index (χ3v) is 5.52. The highest BCUT2D eigenvalue weighted by Crippen LogP contribution is 2.33. The third-order valence-electron chi connectivity index (χ3n) is 5.52. The predicted octanol–water partition coefficient (Wildman–Crippen LogP) is 4.57. The largest absolute Gasteiger partial charge is 0.339 e. The zero-order valence-corrected chi connectivity index (χ0v) is 17.3. The van der Waals surface area contributed by atoms with Crippen molar-refractivity contribution in [3.8, 4) is 0 Å². The fourth-order valence-electron chi connectivity index (χ4n) is 3.86. The zero-order chi connectivity index (χ0) is 21.0. The summed E-state index contributed by atoms with van der Waals surface area (Å²) >= 11 is 0. The summed E-state index contributed by atoms with van der Waals surface area (Å²) in [4.78, 5) is 27.1. The molecule has 3 rings (SSSR count). The lowest BCUT2D eigenvalue weighted by molar-refractivity contribution is -0.145.